The average Bonchev–Trinajstić information content (AvgIpc) is 2.61. The number of aromatic hydroxyl groups is 1. The number of nitriles is 1. The van der Waals surface area contributed by atoms with Crippen molar-refractivity contribution in [2.45, 2.75) is 6.61 Å². The van der Waals surface area contributed by atoms with Gasteiger partial charge >= 0.3 is 5.97 Å². The molecule has 5 N–H and O–H groups in total. The zero-order chi connectivity index (χ0) is 18.2. The number of amidine groups is 1. The van der Waals surface area contributed by atoms with E-state index in [1.165, 1.54) is 18.2 Å². The molecule has 2 aromatic carbocycles. The highest BCUT2D eigenvalue weighted by atomic mass is 16.5. The van der Waals surface area contributed by atoms with Crippen LogP contribution in [0.1, 0.15) is 15.9 Å². The van der Waals surface area contributed by atoms with Crippen molar-refractivity contribution in [3.8, 4) is 11.8 Å². The number of rotatable bonds is 6. The molecule has 0 amide bonds. The predicted molar refractivity (Wildman–Crippen MR) is 92.3 cm³/mol. The Morgan fingerprint density at radius 2 is 2.04 bits per heavy atom. The van der Waals surface area contributed by atoms with E-state index in [9.17, 15) is 9.90 Å². The van der Waals surface area contributed by atoms with Gasteiger partial charge < -0.3 is 15.6 Å². The molecule has 0 aliphatic rings. The summed E-state index contributed by atoms with van der Waals surface area (Å²) in [6.07, 6.45) is 0. The Bertz CT molecular complexity index is 856. The second-order valence-corrected chi connectivity index (χ2v) is 4.89. The van der Waals surface area contributed by atoms with Gasteiger partial charge in [-0.1, -0.05) is 30.3 Å². The van der Waals surface area contributed by atoms with E-state index in [1.54, 1.807) is 6.07 Å². The molecular formula is C17H15N5O3. The van der Waals surface area contributed by atoms with E-state index in [0.717, 1.165) is 5.56 Å². The number of phenols is 1. The number of hydrogen-bond acceptors (Lipinski definition) is 7. The molecular weight excluding hydrogens is 322 g/mol. The number of esters is 1. The highest BCUT2D eigenvalue weighted by Crippen LogP contribution is 2.23. The van der Waals surface area contributed by atoms with Crippen LogP contribution in [0.5, 0.6) is 5.75 Å². The van der Waals surface area contributed by atoms with Crippen molar-refractivity contribution >= 4 is 23.2 Å². The smallest absolute Gasteiger partial charge is 0.342 e. The van der Waals surface area contributed by atoms with Crippen molar-refractivity contribution in [2.24, 2.45) is 10.8 Å². The van der Waals surface area contributed by atoms with Crippen LogP contribution in [0.15, 0.2) is 53.6 Å². The molecule has 126 valence electrons. The van der Waals surface area contributed by atoms with E-state index in [-0.39, 0.29) is 23.6 Å². The molecule has 8 nitrogen and oxygen atoms in total. The van der Waals surface area contributed by atoms with Crippen LogP contribution >= 0.6 is 0 Å². The highest BCUT2D eigenvalue weighted by Gasteiger charge is 2.13. The summed E-state index contributed by atoms with van der Waals surface area (Å²) in [5.41, 5.74) is 8.48. The third-order valence-corrected chi connectivity index (χ3v) is 3.09. The Hall–Kier alpha value is -3.86. The molecule has 0 saturated heterocycles. The van der Waals surface area contributed by atoms with Gasteiger partial charge in [0.25, 0.3) is 0 Å². The number of carbonyl (C=O) groups excluding carboxylic acids is 1. The lowest BCUT2D eigenvalue weighted by Crippen LogP contribution is -2.21. The third-order valence-electron chi connectivity index (χ3n) is 3.09. The van der Waals surface area contributed by atoms with Crippen LogP contribution in [0, 0.1) is 16.7 Å². The van der Waals surface area contributed by atoms with E-state index < -0.39 is 11.8 Å². The minimum atomic E-state index is -0.669. The average molecular weight is 337 g/mol. The quantitative estimate of drug-likeness (QED) is 0.274. The number of hydrazone groups is 1. The maximum atomic E-state index is 12.0. The summed E-state index contributed by atoms with van der Waals surface area (Å²) in [6, 6.07) is 14.9. The van der Waals surface area contributed by atoms with Gasteiger partial charge in [-0.2, -0.15) is 10.4 Å². The zero-order valence-electron chi connectivity index (χ0n) is 13.1. The van der Waals surface area contributed by atoms with E-state index >= 15 is 0 Å². The lowest BCUT2D eigenvalue weighted by Gasteiger charge is -2.08. The van der Waals surface area contributed by atoms with E-state index in [1.807, 2.05) is 30.3 Å². The molecule has 0 aliphatic carbocycles. The fourth-order valence-corrected chi connectivity index (χ4v) is 1.84. The Morgan fingerprint density at radius 3 is 2.64 bits per heavy atom. The lowest BCUT2D eigenvalue weighted by atomic mass is 10.2. The SMILES string of the molecule is N#C/C(=N\Nc1ccc(C(=O)OCc2ccccc2)c(O)c1)C(=N)N. The summed E-state index contributed by atoms with van der Waals surface area (Å²) in [7, 11) is 0. The molecule has 0 unspecified atom stereocenters. The second kappa shape index (κ2) is 8.12. The van der Waals surface area contributed by atoms with Crippen molar-refractivity contribution < 1.29 is 14.6 Å². The number of hydrogen-bond donors (Lipinski definition) is 4. The van der Waals surface area contributed by atoms with Crippen molar-refractivity contribution in [3.05, 3.63) is 59.7 Å². The molecule has 0 aromatic heterocycles. The number of carbonyl (C=O) groups is 1. The summed E-state index contributed by atoms with van der Waals surface area (Å²) in [6.45, 7) is 0.0908. The van der Waals surface area contributed by atoms with Gasteiger partial charge in [-0.25, -0.2) is 4.79 Å². The molecule has 0 saturated carbocycles. The number of phenolic OH excluding ortho intramolecular Hbond substituents is 1. The Labute approximate surface area is 143 Å². The Morgan fingerprint density at radius 1 is 1.32 bits per heavy atom. The van der Waals surface area contributed by atoms with Gasteiger partial charge in [0, 0.05) is 6.07 Å². The predicted octanol–water partition coefficient (Wildman–Crippen LogP) is 1.98. The van der Waals surface area contributed by atoms with Crippen molar-refractivity contribution in [2.75, 3.05) is 5.43 Å². The first kappa shape index (κ1) is 17.5. The van der Waals surface area contributed by atoms with Crippen molar-refractivity contribution in [3.63, 3.8) is 0 Å². The summed E-state index contributed by atoms with van der Waals surface area (Å²) < 4.78 is 5.15. The number of anilines is 1. The molecule has 0 heterocycles. The summed E-state index contributed by atoms with van der Waals surface area (Å²) in [5.74, 6) is -1.46. The first-order valence-electron chi connectivity index (χ1n) is 7.13. The molecule has 0 aliphatic heterocycles. The van der Waals surface area contributed by atoms with Crippen LogP contribution in [-0.4, -0.2) is 22.6 Å². The summed E-state index contributed by atoms with van der Waals surface area (Å²) in [5, 5.41) is 29.5. The molecule has 0 radical (unpaired) electrons. The first-order chi connectivity index (χ1) is 12.0. The van der Waals surface area contributed by atoms with Gasteiger partial charge in [0.15, 0.2) is 5.84 Å². The number of benzene rings is 2. The van der Waals surface area contributed by atoms with Gasteiger partial charge in [0.1, 0.15) is 24.0 Å². The third kappa shape index (κ3) is 4.80. The summed E-state index contributed by atoms with van der Waals surface area (Å²) >= 11 is 0. The Kier molecular flexibility index (Phi) is 5.68. The molecule has 8 heteroatoms. The maximum Gasteiger partial charge on any atom is 0.342 e. The number of ether oxygens (including phenoxy) is 1. The van der Waals surface area contributed by atoms with Crippen molar-refractivity contribution in [1.29, 1.82) is 10.7 Å². The van der Waals surface area contributed by atoms with E-state index in [2.05, 4.69) is 10.5 Å². The molecule has 0 fully saturated rings. The first-order valence-corrected chi connectivity index (χ1v) is 7.13. The van der Waals surface area contributed by atoms with Gasteiger partial charge in [0.2, 0.25) is 5.71 Å². The molecule has 2 aromatic rings. The van der Waals surface area contributed by atoms with Crippen molar-refractivity contribution in [1.82, 2.24) is 0 Å². The van der Waals surface area contributed by atoms with Gasteiger partial charge in [-0.05, 0) is 17.7 Å². The monoisotopic (exact) mass is 337 g/mol. The molecule has 0 spiro atoms. The fraction of sp³-hybridized carbons (Fsp3) is 0.0588. The maximum absolute atomic E-state index is 12.0. The number of nitrogens with two attached hydrogens (primary N) is 1. The standard InChI is InChI=1S/C17H15N5O3/c18-9-14(16(19)20)22-21-12-6-7-13(15(23)8-12)17(24)25-10-11-4-2-1-3-5-11/h1-8,21,23H,10H2,(H3,19,20)/b22-14+. The summed E-state index contributed by atoms with van der Waals surface area (Å²) in [4.78, 5) is 12.0. The van der Waals surface area contributed by atoms with Crippen LogP contribution < -0.4 is 11.2 Å². The van der Waals surface area contributed by atoms with E-state index in [0.29, 0.717) is 5.69 Å². The largest absolute Gasteiger partial charge is 0.507 e. The van der Waals surface area contributed by atoms with Crippen LogP contribution in [0.4, 0.5) is 5.69 Å². The number of nitrogens with one attached hydrogen (secondary N) is 2. The zero-order valence-corrected chi connectivity index (χ0v) is 13.1. The second-order valence-electron chi connectivity index (χ2n) is 4.89. The minimum absolute atomic E-state index is 0.00228. The van der Waals surface area contributed by atoms with Crippen LogP contribution in [0.25, 0.3) is 0 Å². The van der Waals surface area contributed by atoms with Gasteiger partial charge in [-0.3, -0.25) is 10.8 Å². The fourth-order valence-electron chi connectivity index (χ4n) is 1.84. The normalized spacial score (nSPS) is 10.6. The number of nitrogens with zero attached hydrogens (tertiary/aromatic N) is 2. The topological polar surface area (TPSA) is 145 Å². The van der Waals surface area contributed by atoms with E-state index in [4.69, 9.17) is 21.1 Å². The lowest BCUT2D eigenvalue weighted by molar-refractivity contribution is 0.0469. The van der Waals surface area contributed by atoms with Crippen LogP contribution in [-0.2, 0) is 11.3 Å². The molecule has 25 heavy (non-hydrogen) atoms. The van der Waals surface area contributed by atoms with Gasteiger partial charge in [-0.15, -0.1) is 0 Å². The minimum Gasteiger partial charge on any atom is -0.507 e. The van der Waals surface area contributed by atoms with Gasteiger partial charge in [0.05, 0.1) is 5.69 Å². The highest BCUT2D eigenvalue weighted by molar-refractivity contribution is 6.45. The Balaban J connectivity index is 2.05. The molecule has 0 atom stereocenters. The van der Waals surface area contributed by atoms with Crippen LogP contribution in [0.2, 0.25) is 0 Å². The molecule has 0 bridgehead atoms. The van der Waals surface area contributed by atoms with Crippen LogP contribution in [0.3, 0.4) is 0 Å². The molecule has 2 rings (SSSR count).